The number of aromatic nitrogens is 4. The number of anilines is 1. The third kappa shape index (κ3) is 3.37. The molecule has 4 rings (SSSR count). The molecule has 0 aromatic carbocycles. The van der Waals surface area contributed by atoms with Gasteiger partial charge in [-0.2, -0.15) is 18.3 Å². The predicted molar refractivity (Wildman–Crippen MR) is 85.4 cm³/mol. The van der Waals surface area contributed by atoms with Crippen molar-refractivity contribution in [3.63, 3.8) is 0 Å². The molecule has 10 heteroatoms. The first-order chi connectivity index (χ1) is 12.4. The summed E-state index contributed by atoms with van der Waals surface area (Å²) < 4.78 is 42.2. The van der Waals surface area contributed by atoms with Crippen LogP contribution in [0.3, 0.4) is 0 Å². The van der Waals surface area contributed by atoms with E-state index in [9.17, 15) is 13.2 Å². The Hall–Kier alpha value is -2.23. The molecule has 0 N–H and O–H groups in total. The average Bonchev–Trinajstić information content (AvgIpc) is 3.02. The monoisotopic (exact) mass is 368 g/mol. The fourth-order valence-electron chi connectivity index (χ4n) is 3.33. The summed E-state index contributed by atoms with van der Waals surface area (Å²) in [5, 5.41) is 15.2. The first-order valence-corrected chi connectivity index (χ1v) is 8.60. The molecule has 140 valence electrons. The highest BCUT2D eigenvalue weighted by atomic mass is 19.4. The van der Waals surface area contributed by atoms with E-state index >= 15 is 0 Å². The lowest BCUT2D eigenvalue weighted by atomic mass is 9.96. The van der Waals surface area contributed by atoms with E-state index < -0.39 is 12.1 Å². The van der Waals surface area contributed by atoms with Crippen LogP contribution >= 0.6 is 0 Å². The quantitative estimate of drug-likeness (QED) is 0.818. The van der Waals surface area contributed by atoms with Crippen molar-refractivity contribution in [3.8, 4) is 0 Å². The van der Waals surface area contributed by atoms with Gasteiger partial charge in [0.15, 0.2) is 5.82 Å². The number of hydrogen-bond acceptors (Lipinski definition) is 7. The average molecular weight is 368 g/mol. The molecule has 0 atom stereocenters. The van der Waals surface area contributed by atoms with Crippen LogP contribution in [0.25, 0.3) is 0 Å². The molecule has 2 aromatic rings. The van der Waals surface area contributed by atoms with Crippen LogP contribution in [0.1, 0.15) is 35.9 Å². The van der Waals surface area contributed by atoms with E-state index in [0.717, 1.165) is 37.4 Å². The molecular formula is C16H19F3N6O. The molecule has 0 radical (unpaired) electrons. The molecule has 26 heavy (non-hydrogen) atoms. The summed E-state index contributed by atoms with van der Waals surface area (Å²) >= 11 is 0. The normalized spacial score (nSPS) is 18.1. The van der Waals surface area contributed by atoms with Crippen molar-refractivity contribution in [2.45, 2.75) is 44.4 Å². The van der Waals surface area contributed by atoms with Crippen molar-refractivity contribution >= 4 is 5.82 Å². The van der Waals surface area contributed by atoms with Gasteiger partial charge in [0.2, 0.25) is 5.89 Å². The smallest absolute Gasteiger partial charge is 0.416 e. The number of fused-ring (bicyclic) bond motifs is 1. The van der Waals surface area contributed by atoms with Crippen LogP contribution in [-0.2, 0) is 25.6 Å². The second-order valence-corrected chi connectivity index (χ2v) is 6.85. The van der Waals surface area contributed by atoms with Crippen LogP contribution in [0, 0.1) is 0 Å². The Morgan fingerprint density at radius 3 is 2.65 bits per heavy atom. The van der Waals surface area contributed by atoms with E-state index in [1.807, 2.05) is 11.9 Å². The zero-order chi connectivity index (χ0) is 18.3. The van der Waals surface area contributed by atoms with Gasteiger partial charge in [-0.3, -0.25) is 4.90 Å². The Morgan fingerprint density at radius 1 is 1.15 bits per heavy atom. The number of halogens is 3. The van der Waals surface area contributed by atoms with Gasteiger partial charge >= 0.3 is 12.1 Å². The standard InChI is InChI=1S/C16H19F3N6O/c1-24(9-14-22-23-15(26-14)16(17,18)19)11-7-25(8-11)13-6-10-4-2-3-5-12(10)20-21-13/h6,11H,2-5,7-9H2,1H3. The van der Waals surface area contributed by atoms with Crippen LogP contribution in [0.5, 0.6) is 0 Å². The van der Waals surface area contributed by atoms with E-state index in [2.05, 4.69) is 35.8 Å². The van der Waals surface area contributed by atoms with Crippen LogP contribution in [0.4, 0.5) is 19.0 Å². The predicted octanol–water partition coefficient (Wildman–Crippen LogP) is 2.08. The molecule has 1 saturated heterocycles. The van der Waals surface area contributed by atoms with Crippen LogP contribution < -0.4 is 4.90 Å². The van der Waals surface area contributed by atoms with Gasteiger partial charge in [-0.15, -0.1) is 15.3 Å². The largest absolute Gasteiger partial charge is 0.470 e. The Labute approximate surface area is 148 Å². The van der Waals surface area contributed by atoms with Gasteiger partial charge in [0.1, 0.15) is 0 Å². The highest BCUT2D eigenvalue weighted by Crippen LogP contribution is 2.29. The molecule has 0 bridgehead atoms. The lowest BCUT2D eigenvalue weighted by molar-refractivity contribution is -0.157. The highest BCUT2D eigenvalue weighted by Gasteiger charge is 2.38. The molecule has 1 aliphatic heterocycles. The van der Waals surface area contributed by atoms with Gasteiger partial charge in [-0.1, -0.05) is 0 Å². The SMILES string of the molecule is CN(Cc1nnc(C(F)(F)F)o1)C1CN(c2cc3c(nn2)CCCC3)C1. The van der Waals surface area contributed by atoms with Gasteiger partial charge in [-0.25, -0.2) is 0 Å². The maximum Gasteiger partial charge on any atom is 0.470 e. The Bertz CT molecular complexity index is 787. The first-order valence-electron chi connectivity index (χ1n) is 8.60. The van der Waals surface area contributed by atoms with E-state index in [1.165, 1.54) is 18.4 Å². The lowest BCUT2D eigenvalue weighted by Gasteiger charge is -2.44. The van der Waals surface area contributed by atoms with Crippen molar-refractivity contribution in [1.82, 2.24) is 25.3 Å². The third-order valence-corrected chi connectivity index (χ3v) is 4.96. The van der Waals surface area contributed by atoms with Crippen molar-refractivity contribution < 1.29 is 17.6 Å². The van der Waals surface area contributed by atoms with Gasteiger partial charge < -0.3 is 9.32 Å². The molecule has 1 fully saturated rings. The summed E-state index contributed by atoms with van der Waals surface area (Å²) in [6, 6.07) is 2.31. The van der Waals surface area contributed by atoms with Gasteiger partial charge in [0.05, 0.1) is 12.2 Å². The summed E-state index contributed by atoms with van der Waals surface area (Å²) in [5.41, 5.74) is 2.38. The number of rotatable bonds is 4. The molecule has 0 spiro atoms. The highest BCUT2D eigenvalue weighted by molar-refractivity contribution is 5.45. The summed E-state index contributed by atoms with van der Waals surface area (Å²) in [7, 11) is 1.83. The van der Waals surface area contributed by atoms with E-state index in [1.54, 1.807) is 0 Å². The Morgan fingerprint density at radius 2 is 1.92 bits per heavy atom. The van der Waals surface area contributed by atoms with Gasteiger partial charge in [0, 0.05) is 19.1 Å². The molecule has 3 heterocycles. The van der Waals surface area contributed by atoms with E-state index in [4.69, 9.17) is 0 Å². The summed E-state index contributed by atoms with van der Waals surface area (Å²) in [4.78, 5) is 4.04. The van der Waals surface area contributed by atoms with Crippen molar-refractivity contribution in [2.75, 3.05) is 25.0 Å². The second-order valence-electron chi connectivity index (χ2n) is 6.85. The second kappa shape index (κ2) is 6.49. The number of likely N-dealkylation sites (N-methyl/N-ethyl adjacent to an activating group) is 1. The van der Waals surface area contributed by atoms with Crippen molar-refractivity contribution in [2.24, 2.45) is 0 Å². The van der Waals surface area contributed by atoms with Crippen LogP contribution in [-0.4, -0.2) is 51.5 Å². The molecular weight excluding hydrogens is 349 g/mol. The molecule has 0 saturated carbocycles. The summed E-state index contributed by atoms with van der Waals surface area (Å²) in [6.07, 6.45) is -0.203. The fourth-order valence-corrected chi connectivity index (χ4v) is 3.33. The van der Waals surface area contributed by atoms with Crippen molar-refractivity contribution in [3.05, 3.63) is 29.1 Å². The zero-order valence-corrected chi connectivity index (χ0v) is 14.3. The number of hydrogen-bond donors (Lipinski definition) is 0. The van der Waals surface area contributed by atoms with Gasteiger partial charge in [-0.05, 0) is 44.4 Å². The first kappa shape index (κ1) is 17.2. The molecule has 2 aromatic heterocycles. The number of nitrogens with zero attached hydrogens (tertiary/aromatic N) is 6. The molecule has 0 amide bonds. The Balaban J connectivity index is 1.33. The fraction of sp³-hybridized carbons (Fsp3) is 0.625. The third-order valence-electron chi connectivity index (χ3n) is 4.96. The Kier molecular flexibility index (Phi) is 4.29. The maximum absolute atomic E-state index is 12.5. The number of aryl methyl sites for hydroxylation is 2. The number of alkyl halides is 3. The minimum absolute atomic E-state index is 0.0353. The molecule has 0 unspecified atom stereocenters. The van der Waals surface area contributed by atoms with Crippen LogP contribution in [0.2, 0.25) is 0 Å². The molecule has 7 nitrogen and oxygen atoms in total. The van der Waals surface area contributed by atoms with Crippen molar-refractivity contribution in [1.29, 1.82) is 0 Å². The summed E-state index contributed by atoms with van der Waals surface area (Å²) in [6.45, 7) is 1.66. The van der Waals surface area contributed by atoms with Crippen LogP contribution in [0.15, 0.2) is 10.5 Å². The zero-order valence-electron chi connectivity index (χ0n) is 14.3. The van der Waals surface area contributed by atoms with Gasteiger partial charge in [0.25, 0.3) is 0 Å². The van der Waals surface area contributed by atoms with E-state index in [-0.39, 0.29) is 18.5 Å². The topological polar surface area (TPSA) is 71.2 Å². The minimum Gasteiger partial charge on any atom is -0.416 e. The maximum atomic E-state index is 12.5. The van der Waals surface area contributed by atoms with E-state index in [0.29, 0.717) is 0 Å². The summed E-state index contributed by atoms with van der Waals surface area (Å²) in [5.74, 6) is -0.472. The lowest BCUT2D eigenvalue weighted by Crippen LogP contribution is -2.58. The minimum atomic E-state index is -4.61. The molecule has 1 aliphatic carbocycles. The molecule has 2 aliphatic rings.